The predicted octanol–water partition coefficient (Wildman–Crippen LogP) is -0.0108. The van der Waals surface area contributed by atoms with Gasteiger partial charge in [-0.05, 0) is 12.8 Å². The number of nitrogens with zero attached hydrogens (tertiary/aromatic N) is 1. The number of methoxy groups -OCH3 is 1. The number of amides is 1. The van der Waals surface area contributed by atoms with E-state index < -0.39 is 0 Å². The van der Waals surface area contributed by atoms with Gasteiger partial charge in [0.1, 0.15) is 0 Å². The van der Waals surface area contributed by atoms with Crippen molar-refractivity contribution in [3.63, 3.8) is 0 Å². The Bertz CT molecular complexity index is 211. The standard InChI is InChI=1S/C11H22N2O3/c1-15-6-7-16-5-3-2-4-13-9-10(12)8-11(13)14/h10H,2-9,12H2,1H3. The molecule has 94 valence electrons. The fraction of sp³-hybridized carbons (Fsp3) is 0.909. The van der Waals surface area contributed by atoms with Crippen molar-refractivity contribution in [3.8, 4) is 0 Å². The average molecular weight is 230 g/mol. The summed E-state index contributed by atoms with van der Waals surface area (Å²) < 4.78 is 10.2. The van der Waals surface area contributed by atoms with Gasteiger partial charge < -0.3 is 20.1 Å². The number of hydrogen-bond acceptors (Lipinski definition) is 4. The van der Waals surface area contributed by atoms with Crippen LogP contribution in [0.25, 0.3) is 0 Å². The van der Waals surface area contributed by atoms with Crippen molar-refractivity contribution < 1.29 is 14.3 Å². The number of nitrogens with two attached hydrogens (primary N) is 1. The molecule has 5 nitrogen and oxygen atoms in total. The fourth-order valence-electron chi connectivity index (χ4n) is 1.77. The SMILES string of the molecule is COCCOCCCCN1CC(N)CC1=O. The summed E-state index contributed by atoms with van der Waals surface area (Å²) in [6, 6.07) is 0.0328. The monoisotopic (exact) mass is 230 g/mol. The Morgan fingerprint density at radius 3 is 2.81 bits per heavy atom. The molecule has 1 heterocycles. The summed E-state index contributed by atoms with van der Waals surface area (Å²) in [6.07, 6.45) is 2.46. The Morgan fingerprint density at radius 1 is 1.38 bits per heavy atom. The van der Waals surface area contributed by atoms with Crippen LogP contribution in [0.4, 0.5) is 0 Å². The minimum Gasteiger partial charge on any atom is -0.382 e. The zero-order chi connectivity index (χ0) is 11.8. The zero-order valence-electron chi connectivity index (χ0n) is 9.98. The van der Waals surface area contributed by atoms with Gasteiger partial charge in [-0.2, -0.15) is 0 Å². The molecule has 16 heavy (non-hydrogen) atoms. The molecule has 0 bridgehead atoms. The molecule has 0 aromatic carbocycles. The molecule has 0 aliphatic carbocycles. The minimum absolute atomic E-state index is 0.0328. The minimum atomic E-state index is 0.0328. The molecule has 1 saturated heterocycles. The lowest BCUT2D eigenvalue weighted by atomic mass is 10.3. The second kappa shape index (κ2) is 7.60. The Labute approximate surface area is 96.9 Å². The second-order valence-corrected chi connectivity index (χ2v) is 4.12. The molecule has 1 unspecified atom stereocenters. The quantitative estimate of drug-likeness (QED) is 0.596. The van der Waals surface area contributed by atoms with Crippen molar-refractivity contribution in [2.24, 2.45) is 5.73 Å². The number of hydrogen-bond donors (Lipinski definition) is 1. The van der Waals surface area contributed by atoms with Crippen molar-refractivity contribution in [2.75, 3.05) is 40.0 Å². The number of rotatable bonds is 8. The molecule has 0 radical (unpaired) electrons. The highest BCUT2D eigenvalue weighted by Crippen LogP contribution is 2.09. The fourth-order valence-corrected chi connectivity index (χ4v) is 1.77. The molecule has 1 aliphatic heterocycles. The molecule has 0 spiro atoms. The smallest absolute Gasteiger partial charge is 0.224 e. The largest absolute Gasteiger partial charge is 0.382 e. The lowest BCUT2D eigenvalue weighted by Crippen LogP contribution is -2.29. The Morgan fingerprint density at radius 2 is 2.19 bits per heavy atom. The third kappa shape index (κ3) is 4.92. The number of unbranched alkanes of at least 4 members (excludes halogenated alkanes) is 1. The van der Waals surface area contributed by atoms with Gasteiger partial charge in [0.25, 0.3) is 0 Å². The highest BCUT2D eigenvalue weighted by atomic mass is 16.5. The van der Waals surface area contributed by atoms with Gasteiger partial charge >= 0.3 is 0 Å². The highest BCUT2D eigenvalue weighted by Gasteiger charge is 2.25. The molecule has 1 atom stereocenters. The van der Waals surface area contributed by atoms with Crippen LogP contribution in [-0.4, -0.2) is 56.9 Å². The van der Waals surface area contributed by atoms with E-state index in [9.17, 15) is 4.79 Å². The van der Waals surface area contributed by atoms with E-state index in [2.05, 4.69) is 0 Å². The van der Waals surface area contributed by atoms with Crippen LogP contribution in [0.2, 0.25) is 0 Å². The van der Waals surface area contributed by atoms with Crippen LogP contribution in [0.1, 0.15) is 19.3 Å². The van der Waals surface area contributed by atoms with Gasteiger partial charge in [0.05, 0.1) is 13.2 Å². The summed E-state index contributed by atoms with van der Waals surface area (Å²) in [4.78, 5) is 13.2. The van der Waals surface area contributed by atoms with Crippen molar-refractivity contribution in [2.45, 2.75) is 25.3 Å². The van der Waals surface area contributed by atoms with E-state index in [1.807, 2.05) is 4.90 Å². The first-order valence-corrected chi connectivity index (χ1v) is 5.84. The maximum absolute atomic E-state index is 11.4. The lowest BCUT2D eigenvalue weighted by molar-refractivity contribution is -0.127. The van der Waals surface area contributed by atoms with Crippen LogP contribution >= 0.6 is 0 Å². The number of ether oxygens (including phenoxy) is 2. The van der Waals surface area contributed by atoms with Gasteiger partial charge in [0.15, 0.2) is 0 Å². The van der Waals surface area contributed by atoms with Crippen LogP contribution in [0.5, 0.6) is 0 Å². The number of likely N-dealkylation sites (tertiary alicyclic amines) is 1. The van der Waals surface area contributed by atoms with Crippen molar-refractivity contribution >= 4 is 5.91 Å². The molecule has 1 fully saturated rings. The third-order valence-corrected chi connectivity index (χ3v) is 2.64. The van der Waals surface area contributed by atoms with Crippen LogP contribution in [-0.2, 0) is 14.3 Å². The Hall–Kier alpha value is -0.650. The first-order chi connectivity index (χ1) is 7.74. The van der Waals surface area contributed by atoms with E-state index in [4.69, 9.17) is 15.2 Å². The van der Waals surface area contributed by atoms with E-state index in [-0.39, 0.29) is 11.9 Å². The molecular formula is C11H22N2O3. The molecule has 5 heteroatoms. The van der Waals surface area contributed by atoms with Crippen LogP contribution in [0.15, 0.2) is 0 Å². The van der Waals surface area contributed by atoms with Crippen molar-refractivity contribution in [1.82, 2.24) is 4.90 Å². The Kier molecular flexibility index (Phi) is 6.37. The summed E-state index contributed by atoms with van der Waals surface area (Å²) in [5.74, 6) is 0.188. The van der Waals surface area contributed by atoms with E-state index in [1.165, 1.54) is 0 Å². The summed E-state index contributed by atoms with van der Waals surface area (Å²) in [5.41, 5.74) is 5.70. The topological polar surface area (TPSA) is 64.8 Å². The maximum Gasteiger partial charge on any atom is 0.224 e. The highest BCUT2D eigenvalue weighted by molar-refractivity contribution is 5.79. The molecule has 0 saturated carbocycles. The maximum atomic E-state index is 11.4. The van der Waals surface area contributed by atoms with E-state index >= 15 is 0 Å². The molecule has 1 aliphatic rings. The van der Waals surface area contributed by atoms with E-state index in [0.717, 1.165) is 26.0 Å². The van der Waals surface area contributed by atoms with Crippen LogP contribution in [0, 0.1) is 0 Å². The Balaban J connectivity index is 1.93. The summed E-state index contributed by atoms with van der Waals surface area (Å²) in [5, 5.41) is 0. The number of carbonyl (C=O) groups is 1. The molecule has 1 rings (SSSR count). The second-order valence-electron chi connectivity index (χ2n) is 4.12. The van der Waals surface area contributed by atoms with Crippen LogP contribution < -0.4 is 5.73 Å². The average Bonchev–Trinajstić information content (AvgIpc) is 2.56. The van der Waals surface area contributed by atoms with Crippen molar-refractivity contribution in [1.29, 1.82) is 0 Å². The predicted molar refractivity (Wildman–Crippen MR) is 61.1 cm³/mol. The van der Waals surface area contributed by atoms with Crippen molar-refractivity contribution in [3.05, 3.63) is 0 Å². The summed E-state index contributed by atoms with van der Waals surface area (Å²) >= 11 is 0. The molecule has 0 aromatic heterocycles. The summed E-state index contributed by atoms with van der Waals surface area (Å²) in [6.45, 7) is 3.53. The third-order valence-electron chi connectivity index (χ3n) is 2.64. The summed E-state index contributed by atoms with van der Waals surface area (Å²) in [7, 11) is 1.66. The zero-order valence-corrected chi connectivity index (χ0v) is 9.98. The van der Waals surface area contributed by atoms with Gasteiger partial charge in [0.2, 0.25) is 5.91 Å². The lowest BCUT2D eigenvalue weighted by Gasteiger charge is -2.15. The van der Waals surface area contributed by atoms with Gasteiger partial charge in [-0.1, -0.05) is 0 Å². The van der Waals surface area contributed by atoms with Gasteiger partial charge in [0, 0.05) is 39.3 Å². The first-order valence-electron chi connectivity index (χ1n) is 5.84. The van der Waals surface area contributed by atoms with Crippen LogP contribution in [0.3, 0.4) is 0 Å². The molecule has 0 aromatic rings. The molecule has 1 amide bonds. The van der Waals surface area contributed by atoms with E-state index in [0.29, 0.717) is 26.2 Å². The normalized spacial score (nSPS) is 20.8. The molecular weight excluding hydrogens is 208 g/mol. The number of carbonyl (C=O) groups excluding carboxylic acids is 1. The van der Waals surface area contributed by atoms with Gasteiger partial charge in [-0.3, -0.25) is 4.79 Å². The first kappa shape index (κ1) is 13.4. The van der Waals surface area contributed by atoms with E-state index in [1.54, 1.807) is 7.11 Å². The van der Waals surface area contributed by atoms with Gasteiger partial charge in [-0.15, -0.1) is 0 Å². The molecule has 2 N–H and O–H groups in total. The van der Waals surface area contributed by atoms with Gasteiger partial charge in [-0.25, -0.2) is 0 Å².